The molecular formula is C19H26Cl6N2O2. The predicted molar refractivity (Wildman–Crippen MR) is 122 cm³/mol. The van der Waals surface area contributed by atoms with Crippen LogP contribution in [0.5, 0.6) is 0 Å². The second-order valence-electron chi connectivity index (χ2n) is 9.77. The zero-order chi connectivity index (χ0) is 22.8. The van der Waals surface area contributed by atoms with Gasteiger partial charge in [-0.3, -0.25) is 9.59 Å². The van der Waals surface area contributed by atoms with E-state index in [0.29, 0.717) is 0 Å². The second kappa shape index (κ2) is 7.78. The third kappa shape index (κ3) is 4.00. The first-order valence-corrected chi connectivity index (χ1v) is 11.5. The number of hydrogen-bond donors (Lipinski definition) is 2. The molecule has 0 aliphatic heterocycles. The number of amides is 2. The van der Waals surface area contributed by atoms with Crippen molar-refractivity contribution in [3.05, 3.63) is 10.1 Å². The van der Waals surface area contributed by atoms with E-state index < -0.39 is 31.5 Å². The molecule has 1 saturated carbocycles. The van der Waals surface area contributed by atoms with Gasteiger partial charge in [0.05, 0.1) is 16.1 Å². The molecule has 4 nitrogen and oxygen atoms in total. The Morgan fingerprint density at radius 1 is 0.931 bits per heavy atom. The number of allylic oxidation sites excluding steroid dienone is 1. The minimum absolute atomic E-state index is 0.00966. The van der Waals surface area contributed by atoms with Crippen LogP contribution in [0.25, 0.3) is 0 Å². The lowest BCUT2D eigenvalue weighted by Gasteiger charge is -2.38. The van der Waals surface area contributed by atoms with Crippen LogP contribution in [-0.4, -0.2) is 37.5 Å². The number of halogens is 6. The van der Waals surface area contributed by atoms with Crippen LogP contribution in [-0.2, 0) is 9.59 Å². The van der Waals surface area contributed by atoms with Gasteiger partial charge in [-0.2, -0.15) is 0 Å². The first-order valence-electron chi connectivity index (χ1n) is 9.25. The fourth-order valence-electron chi connectivity index (χ4n) is 3.78. The van der Waals surface area contributed by atoms with Gasteiger partial charge in [0.25, 0.3) is 0 Å². The summed E-state index contributed by atoms with van der Waals surface area (Å²) in [5.41, 5.74) is -1.09. The third-order valence-electron chi connectivity index (χ3n) is 5.25. The highest BCUT2D eigenvalue weighted by Gasteiger charge is 2.82. The number of carbonyl (C=O) groups excluding carboxylic acids is 2. The fourth-order valence-corrected chi connectivity index (χ4v) is 6.78. The largest absolute Gasteiger partial charge is 0.352 e. The van der Waals surface area contributed by atoms with Crippen LogP contribution < -0.4 is 10.6 Å². The topological polar surface area (TPSA) is 58.2 Å². The summed E-state index contributed by atoms with van der Waals surface area (Å²) in [6.45, 7) is 10.9. The van der Waals surface area contributed by atoms with Gasteiger partial charge in [0.1, 0.15) is 9.75 Å². The first-order chi connectivity index (χ1) is 12.8. The zero-order valence-electron chi connectivity index (χ0n) is 17.2. The fraction of sp³-hybridized carbons (Fsp3) is 0.789. The summed E-state index contributed by atoms with van der Waals surface area (Å²) in [7, 11) is 0. The maximum absolute atomic E-state index is 12.7. The molecule has 0 heterocycles. The van der Waals surface area contributed by atoms with E-state index in [-0.39, 0.29) is 40.3 Å². The molecule has 10 heteroatoms. The molecule has 0 aromatic heterocycles. The van der Waals surface area contributed by atoms with E-state index in [1.807, 2.05) is 20.8 Å². The standard InChI is InChI=1S/C19H26Cl6N2O2/c1-15(2,3)14(29)26-13-9(7-8-10(28)27-16(4,5)6)17(22)11(20)12(21)18(13,23)19(17,24)25/h9,13H,7-8H2,1-6H3,(H,26,29)(H,27,28). The average molecular weight is 527 g/mol. The number of nitrogens with one attached hydrogen (secondary N) is 2. The van der Waals surface area contributed by atoms with E-state index in [2.05, 4.69) is 10.6 Å². The third-order valence-corrected chi connectivity index (χ3v) is 9.56. The lowest BCUT2D eigenvalue weighted by atomic mass is 9.83. The molecule has 0 aromatic rings. The molecule has 166 valence electrons. The SMILES string of the molecule is CC(C)(C)NC(=O)CCC1C(NC(=O)C(C)(C)C)C2(Cl)C(Cl)=C(Cl)C1(Cl)C2(Cl)Cl. The van der Waals surface area contributed by atoms with Crippen LogP contribution in [0.1, 0.15) is 54.4 Å². The summed E-state index contributed by atoms with van der Waals surface area (Å²) in [4.78, 5) is 22.0. The van der Waals surface area contributed by atoms with Crippen molar-refractivity contribution in [3.63, 3.8) is 0 Å². The molecule has 2 bridgehead atoms. The molecule has 4 atom stereocenters. The molecule has 4 unspecified atom stereocenters. The van der Waals surface area contributed by atoms with Crippen LogP contribution >= 0.6 is 69.6 Å². The highest BCUT2D eigenvalue weighted by molar-refractivity contribution is 6.66. The summed E-state index contributed by atoms with van der Waals surface area (Å²) in [5.74, 6) is -1.07. The maximum Gasteiger partial charge on any atom is 0.225 e. The highest BCUT2D eigenvalue weighted by atomic mass is 35.5. The monoisotopic (exact) mass is 524 g/mol. The quantitative estimate of drug-likeness (QED) is 0.463. The molecule has 0 aromatic carbocycles. The minimum atomic E-state index is -1.79. The molecular weight excluding hydrogens is 501 g/mol. The van der Waals surface area contributed by atoms with E-state index in [4.69, 9.17) is 69.6 Å². The number of alkyl halides is 4. The van der Waals surface area contributed by atoms with Gasteiger partial charge < -0.3 is 10.6 Å². The second-order valence-corrected chi connectivity index (χ2v) is 13.0. The van der Waals surface area contributed by atoms with Gasteiger partial charge in [-0.05, 0) is 27.2 Å². The summed E-state index contributed by atoms with van der Waals surface area (Å²) in [6, 6.07) is -0.819. The van der Waals surface area contributed by atoms with Crippen molar-refractivity contribution >= 4 is 81.4 Å². The van der Waals surface area contributed by atoms with Gasteiger partial charge >= 0.3 is 0 Å². The number of rotatable bonds is 4. The lowest BCUT2D eigenvalue weighted by Crippen LogP contribution is -2.56. The van der Waals surface area contributed by atoms with Crippen molar-refractivity contribution in [1.82, 2.24) is 10.6 Å². The van der Waals surface area contributed by atoms with E-state index >= 15 is 0 Å². The molecule has 29 heavy (non-hydrogen) atoms. The first kappa shape index (κ1) is 25.7. The van der Waals surface area contributed by atoms with Crippen LogP contribution in [0.4, 0.5) is 0 Å². The number of carbonyl (C=O) groups is 2. The van der Waals surface area contributed by atoms with Crippen LogP contribution in [0.3, 0.4) is 0 Å². The normalized spacial score (nSPS) is 33.8. The molecule has 2 aliphatic carbocycles. The Kier molecular flexibility index (Phi) is 6.89. The van der Waals surface area contributed by atoms with Gasteiger partial charge in [-0.25, -0.2) is 0 Å². The van der Waals surface area contributed by atoms with Crippen molar-refractivity contribution in [3.8, 4) is 0 Å². The summed E-state index contributed by atoms with van der Waals surface area (Å²) in [6.07, 6.45) is 0.369. The van der Waals surface area contributed by atoms with Gasteiger partial charge in [0, 0.05) is 23.3 Å². The van der Waals surface area contributed by atoms with Crippen molar-refractivity contribution in [1.29, 1.82) is 0 Å². The van der Waals surface area contributed by atoms with E-state index in [0.717, 1.165) is 0 Å². The maximum atomic E-state index is 12.7. The van der Waals surface area contributed by atoms with Crippen molar-refractivity contribution in [2.75, 3.05) is 0 Å². The van der Waals surface area contributed by atoms with Crippen LogP contribution in [0.15, 0.2) is 10.1 Å². The van der Waals surface area contributed by atoms with Gasteiger partial charge in [0.15, 0.2) is 4.33 Å². The van der Waals surface area contributed by atoms with E-state index in [1.54, 1.807) is 20.8 Å². The minimum Gasteiger partial charge on any atom is -0.352 e. The Morgan fingerprint density at radius 3 is 1.86 bits per heavy atom. The molecule has 2 rings (SSSR count). The lowest BCUT2D eigenvalue weighted by molar-refractivity contribution is -0.129. The Bertz CT molecular complexity index is 755. The molecule has 0 spiro atoms. The molecule has 0 radical (unpaired) electrons. The van der Waals surface area contributed by atoms with Crippen molar-refractivity contribution < 1.29 is 9.59 Å². The van der Waals surface area contributed by atoms with Crippen molar-refractivity contribution in [2.24, 2.45) is 11.3 Å². The van der Waals surface area contributed by atoms with Crippen LogP contribution in [0, 0.1) is 11.3 Å². The van der Waals surface area contributed by atoms with Gasteiger partial charge in [-0.15, -0.1) is 23.2 Å². The Balaban J connectivity index is 2.43. The molecule has 1 fully saturated rings. The summed E-state index contributed by atoms with van der Waals surface area (Å²) >= 11 is 39.9. The Labute approximate surface area is 202 Å². The van der Waals surface area contributed by atoms with Gasteiger partial charge in [-0.1, -0.05) is 67.2 Å². The van der Waals surface area contributed by atoms with Crippen molar-refractivity contribution in [2.45, 2.75) is 80.0 Å². The molecule has 2 N–H and O–H groups in total. The summed E-state index contributed by atoms with van der Waals surface area (Å²) in [5, 5.41) is 5.86. The molecule has 2 aliphatic rings. The van der Waals surface area contributed by atoms with E-state index in [9.17, 15) is 9.59 Å². The molecule has 0 saturated heterocycles. The van der Waals surface area contributed by atoms with E-state index in [1.165, 1.54) is 0 Å². The number of hydrogen-bond acceptors (Lipinski definition) is 2. The highest BCUT2D eigenvalue weighted by Crippen LogP contribution is 2.74. The smallest absolute Gasteiger partial charge is 0.225 e. The predicted octanol–water partition coefficient (Wildman–Crippen LogP) is 5.67. The molecule has 2 amide bonds. The summed E-state index contributed by atoms with van der Waals surface area (Å²) < 4.78 is -1.79. The average Bonchev–Trinajstić information content (AvgIpc) is 2.72. The Hall–Kier alpha value is 0.420. The Morgan fingerprint density at radius 2 is 1.41 bits per heavy atom. The van der Waals surface area contributed by atoms with Crippen LogP contribution in [0.2, 0.25) is 0 Å². The van der Waals surface area contributed by atoms with Gasteiger partial charge in [0.2, 0.25) is 11.8 Å². The zero-order valence-corrected chi connectivity index (χ0v) is 21.7. The number of fused-ring (bicyclic) bond motifs is 2.